The second-order valence-electron chi connectivity index (χ2n) is 8.56. The minimum Gasteiger partial charge on any atom is -0.495 e. The largest absolute Gasteiger partial charge is 0.495 e. The third-order valence-corrected chi connectivity index (χ3v) is 7.32. The Bertz CT molecular complexity index is 1480. The molecule has 11 heteroatoms. The lowest BCUT2D eigenvalue weighted by atomic mass is 10.2. The number of hydrogen-bond donors (Lipinski definition) is 1. The molecular weight excluding hydrogens is 500 g/mol. The van der Waals surface area contributed by atoms with Crippen molar-refractivity contribution in [1.82, 2.24) is 24.4 Å². The molecule has 0 radical (unpaired) electrons. The summed E-state index contributed by atoms with van der Waals surface area (Å²) in [7, 11) is 1.58. The van der Waals surface area contributed by atoms with Crippen molar-refractivity contribution in [2.24, 2.45) is 0 Å². The van der Waals surface area contributed by atoms with Gasteiger partial charge in [0.15, 0.2) is 0 Å². The van der Waals surface area contributed by atoms with Crippen LogP contribution < -0.4 is 15.6 Å². The first-order valence-electron chi connectivity index (χ1n) is 11.5. The third kappa shape index (κ3) is 5.06. The van der Waals surface area contributed by atoms with Gasteiger partial charge < -0.3 is 15.0 Å². The number of hydrogen-bond acceptors (Lipinski definition) is 7. The molecule has 4 aromatic rings. The first-order chi connectivity index (χ1) is 17.4. The normalized spacial score (nSPS) is 14.2. The van der Waals surface area contributed by atoms with Crippen LogP contribution in [0.15, 0.2) is 53.3 Å². The summed E-state index contributed by atoms with van der Waals surface area (Å²) in [5, 5.41) is 8.59. The Kier molecular flexibility index (Phi) is 6.90. The molecule has 1 aliphatic heterocycles. The molecule has 0 aliphatic carbocycles. The molecule has 0 saturated carbocycles. The number of carbonyl (C=O) groups is 1. The zero-order chi connectivity index (χ0) is 25.2. The summed E-state index contributed by atoms with van der Waals surface area (Å²) in [6.45, 7) is 4.97. The smallest absolute Gasteiger partial charge is 0.322 e. The summed E-state index contributed by atoms with van der Waals surface area (Å²) < 4.78 is 6.67. The zero-order valence-corrected chi connectivity index (χ0v) is 21.5. The van der Waals surface area contributed by atoms with E-state index in [9.17, 15) is 9.59 Å². The molecule has 3 heterocycles. The van der Waals surface area contributed by atoms with Crippen LogP contribution in [0.5, 0.6) is 5.75 Å². The van der Waals surface area contributed by atoms with Gasteiger partial charge in [-0.25, -0.2) is 9.78 Å². The molecule has 186 valence electrons. The number of nitrogens with zero attached hydrogens (tertiary/aromatic N) is 5. The van der Waals surface area contributed by atoms with E-state index in [-0.39, 0.29) is 11.6 Å². The Morgan fingerprint density at radius 1 is 1.14 bits per heavy atom. The molecule has 0 bridgehead atoms. The number of nitrogens with one attached hydrogen (secondary N) is 1. The molecule has 2 aromatic heterocycles. The van der Waals surface area contributed by atoms with Crippen molar-refractivity contribution in [2.45, 2.75) is 13.5 Å². The lowest BCUT2D eigenvalue weighted by molar-refractivity contribution is 0.142. The van der Waals surface area contributed by atoms with Crippen LogP contribution in [0.3, 0.4) is 0 Å². The maximum Gasteiger partial charge on any atom is 0.322 e. The van der Waals surface area contributed by atoms with E-state index >= 15 is 0 Å². The summed E-state index contributed by atoms with van der Waals surface area (Å²) >= 11 is 7.63. The van der Waals surface area contributed by atoms with Crippen molar-refractivity contribution in [3.8, 4) is 16.3 Å². The molecule has 1 fully saturated rings. The van der Waals surface area contributed by atoms with Gasteiger partial charge in [-0.05, 0) is 30.7 Å². The number of aromatic nitrogens is 3. The topological polar surface area (TPSA) is 92.1 Å². The van der Waals surface area contributed by atoms with Gasteiger partial charge in [0.25, 0.3) is 5.56 Å². The first-order valence-corrected chi connectivity index (χ1v) is 12.7. The molecule has 9 nitrogen and oxygen atoms in total. The number of ether oxygens (including phenoxy) is 1. The van der Waals surface area contributed by atoms with Crippen molar-refractivity contribution in [3.63, 3.8) is 0 Å². The fourth-order valence-electron chi connectivity index (χ4n) is 4.13. The van der Waals surface area contributed by atoms with Crippen LogP contribution in [-0.4, -0.2) is 63.7 Å². The Morgan fingerprint density at radius 3 is 2.67 bits per heavy atom. The van der Waals surface area contributed by atoms with E-state index in [0.717, 1.165) is 11.1 Å². The maximum absolute atomic E-state index is 12.8. The monoisotopic (exact) mass is 524 g/mol. The van der Waals surface area contributed by atoms with E-state index in [0.29, 0.717) is 64.8 Å². The van der Waals surface area contributed by atoms with Gasteiger partial charge in [0, 0.05) is 44.4 Å². The highest BCUT2D eigenvalue weighted by Crippen LogP contribution is 2.30. The average Bonchev–Trinajstić information content (AvgIpc) is 3.29. The van der Waals surface area contributed by atoms with Crippen molar-refractivity contribution in [1.29, 1.82) is 0 Å². The number of aryl methyl sites for hydroxylation is 1. The van der Waals surface area contributed by atoms with Gasteiger partial charge in [0.2, 0.25) is 4.96 Å². The van der Waals surface area contributed by atoms with Gasteiger partial charge in [-0.1, -0.05) is 47.2 Å². The Hall–Kier alpha value is -3.47. The molecule has 0 spiro atoms. The summed E-state index contributed by atoms with van der Waals surface area (Å²) in [5.41, 5.74) is 2.92. The lowest BCUT2D eigenvalue weighted by Gasteiger charge is -2.34. The predicted molar refractivity (Wildman–Crippen MR) is 141 cm³/mol. The Morgan fingerprint density at radius 2 is 1.92 bits per heavy atom. The average molecular weight is 525 g/mol. The van der Waals surface area contributed by atoms with Crippen molar-refractivity contribution in [3.05, 3.63) is 75.2 Å². The summed E-state index contributed by atoms with van der Waals surface area (Å²) in [5.74, 6) is 0.626. The van der Waals surface area contributed by atoms with Crippen molar-refractivity contribution < 1.29 is 9.53 Å². The Labute approximate surface area is 216 Å². The molecule has 1 N–H and O–H groups in total. The van der Waals surface area contributed by atoms with E-state index in [2.05, 4.69) is 20.3 Å². The minimum absolute atomic E-state index is 0.159. The van der Waals surface area contributed by atoms with Crippen molar-refractivity contribution in [2.75, 3.05) is 38.6 Å². The summed E-state index contributed by atoms with van der Waals surface area (Å²) in [6, 6.07) is 14.4. The highest BCUT2D eigenvalue weighted by Gasteiger charge is 2.23. The number of methoxy groups -OCH3 is 1. The van der Waals surface area contributed by atoms with Gasteiger partial charge in [0.05, 0.1) is 23.5 Å². The van der Waals surface area contributed by atoms with Crippen LogP contribution in [0.25, 0.3) is 15.5 Å². The molecule has 2 aromatic carbocycles. The molecule has 2 amide bonds. The quantitative estimate of drug-likeness (QED) is 0.422. The van der Waals surface area contributed by atoms with E-state index in [1.54, 1.807) is 18.1 Å². The van der Waals surface area contributed by atoms with Crippen molar-refractivity contribution >= 4 is 39.6 Å². The molecule has 5 rings (SSSR count). The van der Waals surface area contributed by atoms with Crippen LogP contribution in [-0.2, 0) is 6.54 Å². The van der Waals surface area contributed by atoms with Crippen LogP contribution in [0.4, 0.5) is 10.5 Å². The molecule has 1 saturated heterocycles. The van der Waals surface area contributed by atoms with E-state index in [1.165, 1.54) is 21.9 Å². The standard InChI is InChI=1S/C25H25ClN6O3S/c1-16-7-8-21(35-2)20(13-16)28-24(34)31-11-9-30(10-12-31)15-17-14-22(33)32-25(27-17)36-23(29-32)18-5-3-4-6-19(18)26/h3-8,13-14H,9-12,15H2,1-2H3,(H,28,34). The second-order valence-corrected chi connectivity index (χ2v) is 9.93. The number of benzene rings is 2. The highest BCUT2D eigenvalue weighted by atomic mass is 35.5. The summed E-state index contributed by atoms with van der Waals surface area (Å²) in [6.07, 6.45) is 0. The zero-order valence-electron chi connectivity index (χ0n) is 19.9. The van der Waals surface area contributed by atoms with Crippen LogP contribution in [0.1, 0.15) is 11.3 Å². The number of fused-ring (bicyclic) bond motifs is 1. The number of halogens is 1. The number of urea groups is 1. The fraction of sp³-hybridized carbons (Fsp3) is 0.280. The lowest BCUT2D eigenvalue weighted by Crippen LogP contribution is -2.49. The van der Waals surface area contributed by atoms with E-state index in [1.807, 2.05) is 43.3 Å². The third-order valence-electron chi connectivity index (χ3n) is 6.04. The molecule has 1 aliphatic rings. The van der Waals surface area contributed by atoms with Crippen LogP contribution >= 0.6 is 22.9 Å². The molecular formula is C25H25ClN6O3S. The maximum atomic E-state index is 12.8. The number of anilines is 1. The van der Waals surface area contributed by atoms with Gasteiger partial charge in [-0.15, -0.1) is 0 Å². The highest BCUT2D eigenvalue weighted by molar-refractivity contribution is 7.19. The number of piperazine rings is 1. The van der Waals surface area contributed by atoms with E-state index in [4.69, 9.17) is 16.3 Å². The summed E-state index contributed by atoms with van der Waals surface area (Å²) in [4.78, 5) is 34.7. The number of rotatable bonds is 5. The van der Waals surface area contributed by atoms with E-state index < -0.39 is 0 Å². The molecule has 0 atom stereocenters. The van der Waals surface area contributed by atoms with Gasteiger partial charge in [0.1, 0.15) is 10.8 Å². The second kappa shape index (κ2) is 10.3. The van der Waals surface area contributed by atoms with Crippen LogP contribution in [0, 0.1) is 6.92 Å². The fourth-order valence-corrected chi connectivity index (χ4v) is 5.38. The molecule has 36 heavy (non-hydrogen) atoms. The SMILES string of the molecule is COc1ccc(C)cc1NC(=O)N1CCN(Cc2cc(=O)n3nc(-c4ccccc4Cl)sc3n2)CC1. The first kappa shape index (κ1) is 24.2. The molecule has 0 unspecified atom stereocenters. The van der Waals surface area contributed by atoms with Crippen LogP contribution in [0.2, 0.25) is 5.02 Å². The van der Waals surface area contributed by atoms with Gasteiger partial charge >= 0.3 is 6.03 Å². The Balaban J connectivity index is 1.24. The predicted octanol–water partition coefficient (Wildman–Crippen LogP) is 4.14. The van der Waals surface area contributed by atoms with Gasteiger partial charge in [-0.2, -0.15) is 9.61 Å². The number of carbonyl (C=O) groups excluding carboxylic acids is 1. The number of amides is 2. The minimum atomic E-state index is -0.227. The van der Waals surface area contributed by atoms with Gasteiger partial charge in [-0.3, -0.25) is 9.69 Å².